The van der Waals surface area contributed by atoms with Crippen LogP contribution in [0.15, 0.2) is 83.8 Å². The van der Waals surface area contributed by atoms with Crippen molar-refractivity contribution in [2.24, 2.45) is 0 Å². The number of nitrogens with one attached hydrogen (secondary N) is 1. The topological polar surface area (TPSA) is 86.8 Å². The minimum absolute atomic E-state index is 0.0216. The predicted molar refractivity (Wildman–Crippen MR) is 133 cm³/mol. The van der Waals surface area contributed by atoms with Crippen LogP contribution in [0.25, 0.3) is 0 Å². The molecule has 35 heavy (non-hydrogen) atoms. The van der Waals surface area contributed by atoms with Gasteiger partial charge in [-0.15, -0.1) is 0 Å². The van der Waals surface area contributed by atoms with Crippen molar-refractivity contribution in [3.63, 3.8) is 0 Å². The van der Waals surface area contributed by atoms with Gasteiger partial charge in [-0.1, -0.05) is 54.1 Å². The van der Waals surface area contributed by atoms with E-state index in [-0.39, 0.29) is 17.0 Å². The van der Waals surface area contributed by atoms with Crippen molar-refractivity contribution in [2.75, 3.05) is 17.9 Å². The van der Waals surface area contributed by atoms with Crippen molar-refractivity contribution < 1.29 is 22.4 Å². The summed E-state index contributed by atoms with van der Waals surface area (Å²) in [5.74, 6) is -1.63. The Morgan fingerprint density at radius 3 is 2.14 bits per heavy atom. The fraction of sp³-hybridized carbons (Fsp3) is 0.231. The summed E-state index contributed by atoms with van der Waals surface area (Å²) in [5, 5.41) is 2.49. The number of anilines is 1. The van der Waals surface area contributed by atoms with Gasteiger partial charge in [-0.25, -0.2) is 12.8 Å². The maximum atomic E-state index is 14.4. The fourth-order valence-electron chi connectivity index (χ4n) is 3.56. The highest BCUT2D eigenvalue weighted by Gasteiger charge is 2.32. The highest BCUT2D eigenvalue weighted by Crippen LogP contribution is 2.25. The van der Waals surface area contributed by atoms with E-state index in [0.29, 0.717) is 5.69 Å². The lowest BCUT2D eigenvalue weighted by molar-refractivity contribution is -0.139. The van der Waals surface area contributed by atoms with Crippen LogP contribution in [0.5, 0.6) is 0 Å². The first kappa shape index (κ1) is 25.9. The van der Waals surface area contributed by atoms with Gasteiger partial charge >= 0.3 is 0 Å². The van der Waals surface area contributed by atoms with Crippen molar-refractivity contribution in [1.29, 1.82) is 0 Å². The summed E-state index contributed by atoms with van der Waals surface area (Å²) < 4.78 is 42.5. The lowest BCUT2D eigenvalue weighted by Crippen LogP contribution is -2.50. The molecule has 3 rings (SSSR count). The van der Waals surface area contributed by atoms with Crippen molar-refractivity contribution in [3.05, 3.63) is 95.8 Å². The lowest BCUT2D eigenvalue weighted by atomic mass is 10.1. The maximum Gasteiger partial charge on any atom is 0.264 e. The van der Waals surface area contributed by atoms with E-state index in [1.807, 2.05) is 6.92 Å². The molecule has 0 aliphatic rings. The lowest BCUT2D eigenvalue weighted by Gasteiger charge is -2.31. The smallest absolute Gasteiger partial charge is 0.264 e. The van der Waals surface area contributed by atoms with Crippen molar-refractivity contribution in [3.8, 4) is 0 Å². The van der Waals surface area contributed by atoms with Crippen LogP contribution in [0.2, 0.25) is 0 Å². The van der Waals surface area contributed by atoms with Gasteiger partial charge in [0.25, 0.3) is 10.0 Å². The molecule has 0 spiro atoms. The molecule has 184 valence electrons. The zero-order chi connectivity index (χ0) is 25.6. The molecular formula is C26H28FN3O4S. The highest BCUT2D eigenvalue weighted by molar-refractivity contribution is 7.92. The Bertz CT molecular complexity index is 1280. The molecule has 9 heteroatoms. The van der Waals surface area contributed by atoms with E-state index < -0.39 is 40.2 Å². The van der Waals surface area contributed by atoms with E-state index in [2.05, 4.69) is 5.32 Å². The molecule has 2 amide bonds. The Balaban J connectivity index is 2.02. The average molecular weight is 498 g/mol. The van der Waals surface area contributed by atoms with Gasteiger partial charge in [-0.3, -0.25) is 13.9 Å². The normalized spacial score (nSPS) is 12.0. The number of carbonyl (C=O) groups excluding carboxylic acids is 2. The molecule has 0 heterocycles. The number of aryl methyl sites for hydroxylation is 1. The van der Waals surface area contributed by atoms with Crippen LogP contribution in [0.3, 0.4) is 0 Å². The second-order valence-corrected chi connectivity index (χ2v) is 9.93. The van der Waals surface area contributed by atoms with Gasteiger partial charge in [-0.2, -0.15) is 0 Å². The summed E-state index contributed by atoms with van der Waals surface area (Å²) in [5.41, 5.74) is 1.43. The number of likely N-dealkylation sites (N-methyl/N-ethyl adjacent to an activating group) is 1. The Labute approximate surface area is 205 Å². The summed E-state index contributed by atoms with van der Waals surface area (Å²) >= 11 is 0. The van der Waals surface area contributed by atoms with Gasteiger partial charge in [-0.05, 0) is 44.2 Å². The molecule has 0 saturated heterocycles. The molecule has 0 bridgehead atoms. The minimum atomic E-state index is -4.12. The molecule has 3 aromatic carbocycles. The van der Waals surface area contributed by atoms with E-state index in [1.165, 1.54) is 49.2 Å². The number of halogens is 1. The molecule has 0 aliphatic carbocycles. The highest BCUT2D eigenvalue weighted by atomic mass is 32.2. The van der Waals surface area contributed by atoms with Crippen LogP contribution >= 0.6 is 0 Å². The monoisotopic (exact) mass is 497 g/mol. The summed E-state index contributed by atoms with van der Waals surface area (Å²) in [4.78, 5) is 27.2. The third kappa shape index (κ3) is 6.05. The van der Waals surface area contributed by atoms with Gasteiger partial charge in [0.15, 0.2) is 0 Å². The molecule has 0 aromatic heterocycles. The summed E-state index contributed by atoms with van der Waals surface area (Å²) in [7, 11) is -2.68. The summed E-state index contributed by atoms with van der Waals surface area (Å²) in [6, 6.07) is 19.5. The SMILES string of the molecule is CNC(=O)[C@@H](C)N(Cc1ccccc1F)C(=O)CN(c1ccc(C)cc1)S(=O)(=O)c1ccccc1. The van der Waals surface area contributed by atoms with E-state index in [0.717, 1.165) is 9.87 Å². The van der Waals surface area contributed by atoms with Gasteiger partial charge in [0.05, 0.1) is 10.6 Å². The molecule has 7 nitrogen and oxygen atoms in total. The molecule has 0 fully saturated rings. The number of benzene rings is 3. The van der Waals surface area contributed by atoms with Crippen LogP contribution in [0.1, 0.15) is 18.1 Å². The number of hydrogen-bond donors (Lipinski definition) is 1. The second kappa shape index (κ2) is 11.1. The van der Waals surface area contributed by atoms with E-state index in [9.17, 15) is 22.4 Å². The van der Waals surface area contributed by atoms with Gasteiger partial charge in [0, 0.05) is 19.2 Å². The number of nitrogens with zero attached hydrogens (tertiary/aromatic N) is 2. The zero-order valence-electron chi connectivity index (χ0n) is 19.8. The predicted octanol–water partition coefficient (Wildman–Crippen LogP) is 3.49. The Morgan fingerprint density at radius 1 is 0.943 bits per heavy atom. The first-order valence-corrected chi connectivity index (χ1v) is 12.5. The number of rotatable bonds is 9. The average Bonchev–Trinajstić information content (AvgIpc) is 2.86. The largest absolute Gasteiger partial charge is 0.357 e. The summed E-state index contributed by atoms with van der Waals surface area (Å²) in [6.45, 7) is 2.61. The Hall–Kier alpha value is -3.72. The van der Waals surface area contributed by atoms with Crippen molar-refractivity contribution in [2.45, 2.75) is 31.3 Å². The zero-order valence-corrected chi connectivity index (χ0v) is 20.6. The van der Waals surface area contributed by atoms with E-state index in [1.54, 1.807) is 48.5 Å². The van der Waals surface area contributed by atoms with Gasteiger partial charge < -0.3 is 10.2 Å². The third-order valence-electron chi connectivity index (χ3n) is 5.64. The first-order chi connectivity index (χ1) is 16.6. The number of hydrogen-bond acceptors (Lipinski definition) is 4. The Morgan fingerprint density at radius 2 is 1.54 bits per heavy atom. The van der Waals surface area contributed by atoms with Crippen LogP contribution in [-0.4, -0.2) is 44.8 Å². The van der Waals surface area contributed by atoms with Crippen LogP contribution < -0.4 is 9.62 Å². The molecular weight excluding hydrogens is 469 g/mol. The van der Waals surface area contributed by atoms with Gasteiger partial charge in [0.2, 0.25) is 11.8 Å². The van der Waals surface area contributed by atoms with E-state index >= 15 is 0 Å². The molecule has 0 saturated carbocycles. The molecule has 0 radical (unpaired) electrons. The maximum absolute atomic E-state index is 14.4. The molecule has 1 atom stereocenters. The molecule has 1 N–H and O–H groups in total. The first-order valence-electron chi connectivity index (χ1n) is 11.0. The van der Waals surface area contributed by atoms with E-state index in [4.69, 9.17) is 0 Å². The second-order valence-electron chi connectivity index (χ2n) is 8.06. The van der Waals surface area contributed by atoms with Crippen LogP contribution in [0.4, 0.5) is 10.1 Å². The minimum Gasteiger partial charge on any atom is -0.357 e. The fourth-order valence-corrected chi connectivity index (χ4v) is 5.00. The molecule has 3 aromatic rings. The Kier molecular flexibility index (Phi) is 8.24. The number of sulfonamides is 1. The van der Waals surface area contributed by atoms with Gasteiger partial charge in [0.1, 0.15) is 18.4 Å². The number of carbonyl (C=O) groups is 2. The molecule has 0 unspecified atom stereocenters. The van der Waals surface area contributed by atoms with Crippen molar-refractivity contribution in [1.82, 2.24) is 10.2 Å². The molecule has 0 aliphatic heterocycles. The number of amides is 2. The third-order valence-corrected chi connectivity index (χ3v) is 7.43. The van der Waals surface area contributed by atoms with Crippen molar-refractivity contribution >= 4 is 27.5 Å². The van der Waals surface area contributed by atoms with Crippen LogP contribution in [0, 0.1) is 12.7 Å². The standard InChI is InChI=1S/C26H28FN3O4S/c1-19-13-15-22(16-14-19)30(35(33,34)23-10-5-4-6-11-23)18-25(31)29(20(2)26(32)28-3)17-21-9-7-8-12-24(21)27/h4-16,20H,17-18H2,1-3H3,(H,28,32)/t20-/m1/s1. The quantitative estimate of drug-likeness (QED) is 0.490. The summed E-state index contributed by atoms with van der Waals surface area (Å²) in [6.07, 6.45) is 0. The van der Waals surface area contributed by atoms with Crippen LogP contribution in [-0.2, 0) is 26.2 Å².